The second kappa shape index (κ2) is 7.73. The lowest BCUT2D eigenvalue weighted by molar-refractivity contribution is -0.384. The molecule has 1 N–H and O–H groups in total. The molecule has 0 unspecified atom stereocenters. The van der Waals surface area contributed by atoms with Gasteiger partial charge >= 0.3 is 0 Å². The Bertz CT molecular complexity index is 1170. The summed E-state index contributed by atoms with van der Waals surface area (Å²) in [5.74, 6) is -0.417. The minimum absolute atomic E-state index is 0.0999. The summed E-state index contributed by atoms with van der Waals surface area (Å²) in [6.07, 6.45) is 4.88. The van der Waals surface area contributed by atoms with Gasteiger partial charge in [0.1, 0.15) is 5.69 Å². The summed E-state index contributed by atoms with van der Waals surface area (Å²) in [6, 6.07) is 18.7. The molecule has 0 bridgehead atoms. The van der Waals surface area contributed by atoms with Crippen molar-refractivity contribution in [2.45, 2.75) is 0 Å². The van der Waals surface area contributed by atoms with E-state index in [4.69, 9.17) is 0 Å². The average molecular weight is 385 g/mol. The first-order valence-electron chi connectivity index (χ1n) is 8.73. The number of carbonyl (C=O) groups is 1. The third-order valence-corrected chi connectivity index (χ3v) is 4.25. The molecule has 0 aliphatic heterocycles. The van der Waals surface area contributed by atoms with Crippen molar-refractivity contribution < 1.29 is 9.72 Å². The Morgan fingerprint density at radius 1 is 1.00 bits per heavy atom. The fraction of sp³-hybridized carbons (Fsp3) is 0. The number of amides is 1. The van der Waals surface area contributed by atoms with Crippen molar-refractivity contribution in [3.05, 3.63) is 101 Å². The number of para-hydroxylation sites is 1. The minimum atomic E-state index is -0.508. The largest absolute Gasteiger partial charge is 0.322 e. The molecular weight excluding hydrogens is 370 g/mol. The number of nitro benzene ring substituents is 1. The molecule has 0 saturated heterocycles. The molecule has 4 aromatic rings. The maximum Gasteiger partial charge on any atom is 0.271 e. The highest BCUT2D eigenvalue weighted by atomic mass is 16.6. The third kappa shape index (κ3) is 3.86. The van der Waals surface area contributed by atoms with Gasteiger partial charge in [-0.15, -0.1) is 0 Å². The summed E-state index contributed by atoms with van der Waals surface area (Å²) >= 11 is 0. The third-order valence-electron chi connectivity index (χ3n) is 4.25. The molecule has 0 radical (unpaired) electrons. The van der Waals surface area contributed by atoms with Crippen LogP contribution in [0.25, 0.3) is 16.9 Å². The van der Waals surface area contributed by atoms with E-state index in [0.29, 0.717) is 16.9 Å². The number of benzene rings is 2. The Labute approximate surface area is 165 Å². The maximum atomic E-state index is 13.0. The summed E-state index contributed by atoms with van der Waals surface area (Å²) < 4.78 is 1.62. The molecule has 0 saturated carbocycles. The van der Waals surface area contributed by atoms with Crippen LogP contribution in [0.3, 0.4) is 0 Å². The molecule has 142 valence electrons. The summed E-state index contributed by atoms with van der Waals surface area (Å²) in [5.41, 5.74) is 2.59. The second-order valence-electron chi connectivity index (χ2n) is 6.17. The molecular formula is C21H15N5O3. The van der Waals surface area contributed by atoms with Crippen LogP contribution < -0.4 is 5.32 Å². The zero-order chi connectivity index (χ0) is 20.2. The monoisotopic (exact) mass is 385 g/mol. The van der Waals surface area contributed by atoms with E-state index < -0.39 is 10.8 Å². The first kappa shape index (κ1) is 18.1. The number of hydrogen-bond donors (Lipinski definition) is 1. The van der Waals surface area contributed by atoms with Crippen LogP contribution >= 0.6 is 0 Å². The number of non-ortho nitro benzene ring substituents is 1. The van der Waals surface area contributed by atoms with Crippen LogP contribution in [0.5, 0.6) is 0 Å². The van der Waals surface area contributed by atoms with Crippen molar-refractivity contribution in [3.63, 3.8) is 0 Å². The molecule has 0 aliphatic carbocycles. The molecule has 29 heavy (non-hydrogen) atoms. The van der Waals surface area contributed by atoms with Gasteiger partial charge in [-0.25, -0.2) is 4.68 Å². The van der Waals surface area contributed by atoms with E-state index in [1.54, 1.807) is 41.5 Å². The van der Waals surface area contributed by atoms with E-state index in [9.17, 15) is 14.9 Å². The van der Waals surface area contributed by atoms with Gasteiger partial charge in [0.25, 0.3) is 11.6 Å². The molecule has 8 nitrogen and oxygen atoms in total. The summed E-state index contributed by atoms with van der Waals surface area (Å²) in [4.78, 5) is 27.5. The molecule has 2 aromatic heterocycles. The van der Waals surface area contributed by atoms with Crippen molar-refractivity contribution >= 4 is 17.3 Å². The van der Waals surface area contributed by atoms with Crippen LogP contribution in [0.2, 0.25) is 0 Å². The van der Waals surface area contributed by atoms with Gasteiger partial charge < -0.3 is 5.32 Å². The van der Waals surface area contributed by atoms with Gasteiger partial charge in [0, 0.05) is 42.0 Å². The first-order chi connectivity index (χ1) is 14.1. The number of anilines is 1. The number of nitrogens with zero attached hydrogens (tertiary/aromatic N) is 4. The number of nitrogens with one attached hydrogen (secondary N) is 1. The molecule has 4 rings (SSSR count). The molecule has 2 heterocycles. The highest BCUT2D eigenvalue weighted by Gasteiger charge is 2.19. The number of hydrogen-bond acceptors (Lipinski definition) is 5. The summed E-state index contributed by atoms with van der Waals surface area (Å²) in [7, 11) is 0. The molecule has 0 spiro atoms. The minimum Gasteiger partial charge on any atom is -0.322 e. The van der Waals surface area contributed by atoms with Crippen molar-refractivity contribution in [1.29, 1.82) is 0 Å². The normalized spacial score (nSPS) is 10.5. The molecule has 0 fully saturated rings. The van der Waals surface area contributed by atoms with Crippen molar-refractivity contribution in [2.24, 2.45) is 0 Å². The van der Waals surface area contributed by atoms with E-state index in [1.165, 1.54) is 18.2 Å². The number of carbonyl (C=O) groups excluding carboxylic acids is 1. The molecule has 2 aromatic carbocycles. The first-order valence-corrected chi connectivity index (χ1v) is 8.73. The van der Waals surface area contributed by atoms with Crippen LogP contribution in [-0.2, 0) is 0 Å². The summed E-state index contributed by atoms with van der Waals surface area (Å²) in [6.45, 7) is 0. The summed E-state index contributed by atoms with van der Waals surface area (Å²) in [5, 5.41) is 18.3. The van der Waals surface area contributed by atoms with Gasteiger partial charge in [0.15, 0.2) is 0 Å². The van der Waals surface area contributed by atoms with Crippen LogP contribution in [0.15, 0.2) is 85.3 Å². The van der Waals surface area contributed by atoms with Crippen molar-refractivity contribution in [2.75, 3.05) is 5.32 Å². The lowest BCUT2D eigenvalue weighted by Gasteiger charge is -2.05. The van der Waals surface area contributed by atoms with Crippen LogP contribution in [-0.4, -0.2) is 25.6 Å². The smallest absolute Gasteiger partial charge is 0.271 e. The standard InChI is InChI=1S/C21H15N5O3/c27-21(23-16-5-4-8-18(13-16)26(28)29)19-14-25(17-6-2-1-3-7-17)24-20(19)15-9-11-22-12-10-15/h1-14H,(H,23,27). The van der Waals surface area contributed by atoms with E-state index in [-0.39, 0.29) is 5.69 Å². The van der Waals surface area contributed by atoms with Gasteiger partial charge in [0.05, 0.1) is 16.2 Å². The van der Waals surface area contributed by atoms with Gasteiger partial charge in [-0.2, -0.15) is 5.10 Å². The van der Waals surface area contributed by atoms with E-state index >= 15 is 0 Å². The predicted octanol–water partition coefficient (Wildman–Crippen LogP) is 4.09. The zero-order valence-corrected chi connectivity index (χ0v) is 15.1. The lowest BCUT2D eigenvalue weighted by Crippen LogP contribution is -2.12. The Morgan fingerprint density at radius 3 is 2.48 bits per heavy atom. The number of aromatic nitrogens is 3. The Morgan fingerprint density at radius 2 is 1.76 bits per heavy atom. The van der Waals surface area contributed by atoms with Crippen LogP contribution in [0, 0.1) is 10.1 Å². The number of rotatable bonds is 5. The van der Waals surface area contributed by atoms with Gasteiger partial charge in [-0.1, -0.05) is 24.3 Å². The molecule has 0 atom stereocenters. The SMILES string of the molecule is O=C(Nc1cccc([N+](=O)[O-])c1)c1cn(-c2ccccc2)nc1-c1ccncc1. The average Bonchev–Trinajstić information content (AvgIpc) is 3.21. The van der Waals surface area contributed by atoms with Crippen LogP contribution in [0.1, 0.15) is 10.4 Å². The molecule has 0 aliphatic rings. The van der Waals surface area contributed by atoms with E-state index in [1.807, 2.05) is 30.3 Å². The number of nitro groups is 1. The van der Waals surface area contributed by atoms with Gasteiger partial charge in [-0.3, -0.25) is 19.9 Å². The fourth-order valence-corrected chi connectivity index (χ4v) is 2.87. The van der Waals surface area contributed by atoms with Gasteiger partial charge in [-0.05, 0) is 30.3 Å². The molecule has 8 heteroatoms. The highest BCUT2D eigenvalue weighted by molar-refractivity contribution is 6.08. The van der Waals surface area contributed by atoms with E-state index in [2.05, 4.69) is 15.4 Å². The Kier molecular flexibility index (Phi) is 4.81. The highest BCUT2D eigenvalue weighted by Crippen LogP contribution is 2.25. The quantitative estimate of drug-likeness (QED) is 0.412. The fourth-order valence-electron chi connectivity index (χ4n) is 2.87. The van der Waals surface area contributed by atoms with Gasteiger partial charge in [0.2, 0.25) is 0 Å². The Balaban J connectivity index is 1.73. The van der Waals surface area contributed by atoms with Crippen molar-refractivity contribution in [3.8, 4) is 16.9 Å². The zero-order valence-electron chi connectivity index (χ0n) is 15.1. The molecule has 1 amide bonds. The maximum absolute atomic E-state index is 13.0. The number of pyridine rings is 1. The van der Waals surface area contributed by atoms with E-state index in [0.717, 1.165) is 11.3 Å². The predicted molar refractivity (Wildman–Crippen MR) is 108 cm³/mol. The Hall–Kier alpha value is -4.33. The topological polar surface area (TPSA) is 103 Å². The van der Waals surface area contributed by atoms with Crippen molar-refractivity contribution in [1.82, 2.24) is 14.8 Å². The lowest BCUT2D eigenvalue weighted by atomic mass is 10.1. The second-order valence-corrected chi connectivity index (χ2v) is 6.17. The van der Waals surface area contributed by atoms with Crippen LogP contribution in [0.4, 0.5) is 11.4 Å².